The van der Waals surface area contributed by atoms with E-state index >= 15 is 0 Å². The lowest BCUT2D eigenvalue weighted by Crippen LogP contribution is -2.76. The molecule has 2 N–H and O–H groups in total. The zero-order chi connectivity index (χ0) is 16.5. The van der Waals surface area contributed by atoms with Crippen molar-refractivity contribution < 1.29 is 23.8 Å². The van der Waals surface area contributed by atoms with Crippen LogP contribution in [0.3, 0.4) is 0 Å². The third kappa shape index (κ3) is 2.73. The lowest BCUT2D eigenvalue weighted by atomic mass is 9.54. The maximum atomic E-state index is 13.5. The van der Waals surface area contributed by atoms with Crippen LogP contribution in [-0.2, 0) is 14.3 Å². The van der Waals surface area contributed by atoms with E-state index in [9.17, 15) is 19.1 Å². The fraction of sp³-hybridized carbons (Fsp3) is 0.875. The molecule has 2 saturated carbocycles. The number of hydrogen-bond donors (Lipinski definition) is 2. The summed E-state index contributed by atoms with van der Waals surface area (Å²) in [5.74, 6) is -1.82. The summed E-state index contributed by atoms with van der Waals surface area (Å²) >= 11 is 0. The number of amides is 1. The van der Waals surface area contributed by atoms with Gasteiger partial charge in [0, 0.05) is 24.4 Å². The van der Waals surface area contributed by atoms with Gasteiger partial charge in [0.1, 0.15) is 11.7 Å². The minimum absolute atomic E-state index is 0.191. The van der Waals surface area contributed by atoms with Crippen LogP contribution in [-0.4, -0.2) is 41.4 Å². The fourth-order valence-electron chi connectivity index (χ4n) is 3.72. The highest BCUT2D eigenvalue weighted by atomic mass is 19.1. The van der Waals surface area contributed by atoms with Crippen LogP contribution in [0.15, 0.2) is 0 Å². The van der Waals surface area contributed by atoms with Crippen LogP contribution in [0.25, 0.3) is 0 Å². The van der Waals surface area contributed by atoms with Crippen LogP contribution in [0, 0.1) is 11.3 Å². The molecule has 0 spiro atoms. The Morgan fingerprint density at radius 1 is 1.36 bits per heavy atom. The average Bonchev–Trinajstić information content (AvgIpc) is 2.45. The molecule has 6 heteroatoms. The van der Waals surface area contributed by atoms with Crippen LogP contribution < -0.4 is 5.32 Å². The number of halogens is 1. The lowest BCUT2D eigenvalue weighted by Gasteiger charge is -2.58. The van der Waals surface area contributed by atoms with Crippen molar-refractivity contribution in [1.29, 1.82) is 0 Å². The van der Waals surface area contributed by atoms with Gasteiger partial charge in [0.05, 0.1) is 6.10 Å². The number of rotatable bonds is 5. The number of aliphatic carboxylic acids is 1. The summed E-state index contributed by atoms with van der Waals surface area (Å²) < 4.78 is 19.0. The van der Waals surface area contributed by atoms with E-state index in [0.717, 1.165) is 0 Å². The first-order valence-corrected chi connectivity index (χ1v) is 8.05. The van der Waals surface area contributed by atoms with Gasteiger partial charge >= 0.3 is 5.97 Å². The van der Waals surface area contributed by atoms with Gasteiger partial charge in [-0.3, -0.25) is 4.79 Å². The highest BCUT2D eigenvalue weighted by molar-refractivity contribution is 5.90. The second-order valence-electron chi connectivity index (χ2n) is 7.03. The number of hydrogen-bond acceptors (Lipinski definition) is 3. The van der Waals surface area contributed by atoms with Crippen molar-refractivity contribution in [2.45, 2.75) is 70.7 Å². The summed E-state index contributed by atoms with van der Waals surface area (Å²) in [6.07, 6.45) is 1.07. The van der Waals surface area contributed by atoms with Crippen molar-refractivity contribution in [1.82, 2.24) is 5.32 Å². The molecule has 4 unspecified atom stereocenters. The molecule has 0 aromatic heterocycles. The van der Waals surface area contributed by atoms with Crippen LogP contribution >= 0.6 is 0 Å². The molecule has 0 saturated heterocycles. The van der Waals surface area contributed by atoms with Crippen LogP contribution in [0.5, 0.6) is 0 Å². The largest absolute Gasteiger partial charge is 0.479 e. The van der Waals surface area contributed by atoms with Crippen molar-refractivity contribution in [3.8, 4) is 0 Å². The summed E-state index contributed by atoms with van der Waals surface area (Å²) in [5, 5.41) is 12.4. The molecule has 5 nitrogen and oxygen atoms in total. The van der Waals surface area contributed by atoms with Gasteiger partial charge in [-0.1, -0.05) is 13.8 Å². The second kappa shape index (κ2) is 6.14. The topological polar surface area (TPSA) is 75.6 Å². The summed E-state index contributed by atoms with van der Waals surface area (Å²) in [7, 11) is 0. The Kier molecular flexibility index (Phi) is 4.80. The molecule has 126 valence electrons. The number of alkyl halides is 1. The summed E-state index contributed by atoms with van der Waals surface area (Å²) in [4.78, 5) is 24.2. The Balaban J connectivity index is 2.10. The van der Waals surface area contributed by atoms with Crippen molar-refractivity contribution in [3.05, 3.63) is 0 Å². The van der Waals surface area contributed by atoms with E-state index in [2.05, 4.69) is 5.32 Å². The minimum atomic E-state index is -1.33. The summed E-state index contributed by atoms with van der Waals surface area (Å²) in [5.41, 5.74) is -2.03. The maximum absolute atomic E-state index is 13.5. The lowest BCUT2D eigenvalue weighted by molar-refractivity contribution is -0.195. The Morgan fingerprint density at radius 2 is 2.05 bits per heavy atom. The molecule has 0 aliphatic heterocycles. The third-order valence-corrected chi connectivity index (χ3v) is 5.45. The highest BCUT2D eigenvalue weighted by Gasteiger charge is 2.66. The molecule has 0 radical (unpaired) electrons. The molecule has 0 aromatic carbocycles. The Morgan fingerprint density at radius 3 is 2.55 bits per heavy atom. The van der Waals surface area contributed by atoms with E-state index in [1.807, 2.05) is 6.92 Å². The first kappa shape index (κ1) is 17.2. The van der Waals surface area contributed by atoms with Crippen molar-refractivity contribution in [3.63, 3.8) is 0 Å². The number of ether oxygens (including phenoxy) is 1. The van der Waals surface area contributed by atoms with Gasteiger partial charge in [0.15, 0.2) is 0 Å². The van der Waals surface area contributed by atoms with Crippen molar-refractivity contribution in [2.75, 3.05) is 6.61 Å². The SMILES string of the molecule is CCOC1CC(NC(=O)C2CCCC(F)C2)(C(=O)O)C1(C)C. The molecule has 4 atom stereocenters. The quantitative estimate of drug-likeness (QED) is 0.816. The first-order chi connectivity index (χ1) is 10.2. The highest BCUT2D eigenvalue weighted by Crippen LogP contribution is 2.51. The van der Waals surface area contributed by atoms with Crippen LogP contribution in [0.4, 0.5) is 4.39 Å². The van der Waals surface area contributed by atoms with Gasteiger partial charge in [-0.25, -0.2) is 9.18 Å². The molecule has 2 fully saturated rings. The van der Waals surface area contributed by atoms with Gasteiger partial charge in [0.25, 0.3) is 0 Å². The zero-order valence-electron chi connectivity index (χ0n) is 13.5. The zero-order valence-corrected chi connectivity index (χ0v) is 13.5. The van der Waals surface area contributed by atoms with Crippen molar-refractivity contribution in [2.24, 2.45) is 11.3 Å². The Labute approximate surface area is 130 Å². The number of carboxylic acids is 1. The predicted octanol–water partition coefficient (Wildman–Crippen LogP) is 2.29. The standard InChI is InChI=1S/C16H26FNO4/c1-4-22-12-9-16(14(20)21,15(12,2)3)18-13(19)10-6-5-7-11(17)8-10/h10-12H,4-9H2,1-3H3,(H,18,19)(H,20,21). The number of nitrogens with one attached hydrogen (secondary N) is 1. The fourth-order valence-corrected chi connectivity index (χ4v) is 3.72. The molecule has 0 heterocycles. The molecule has 1 amide bonds. The Hall–Kier alpha value is -1.17. The molecule has 22 heavy (non-hydrogen) atoms. The molecular weight excluding hydrogens is 289 g/mol. The van der Waals surface area contributed by atoms with Gasteiger partial charge < -0.3 is 15.2 Å². The van der Waals surface area contributed by atoms with Gasteiger partial charge in [-0.05, 0) is 32.6 Å². The minimum Gasteiger partial charge on any atom is -0.479 e. The molecule has 0 bridgehead atoms. The molecular formula is C16H26FNO4. The normalized spacial score (nSPS) is 37.2. The van der Waals surface area contributed by atoms with E-state index < -0.39 is 29.0 Å². The predicted molar refractivity (Wildman–Crippen MR) is 79.2 cm³/mol. The molecule has 0 aromatic rings. The molecule has 2 aliphatic rings. The summed E-state index contributed by atoms with van der Waals surface area (Å²) in [6.45, 7) is 5.96. The van der Waals surface area contributed by atoms with Crippen LogP contribution in [0.1, 0.15) is 52.9 Å². The third-order valence-electron chi connectivity index (χ3n) is 5.45. The van der Waals surface area contributed by atoms with E-state index in [4.69, 9.17) is 4.74 Å². The van der Waals surface area contributed by atoms with Crippen LogP contribution in [0.2, 0.25) is 0 Å². The maximum Gasteiger partial charge on any atom is 0.330 e. The molecule has 2 aliphatic carbocycles. The number of carbonyl (C=O) groups excluding carboxylic acids is 1. The van der Waals surface area contributed by atoms with Crippen molar-refractivity contribution >= 4 is 11.9 Å². The Bertz CT molecular complexity index is 453. The second-order valence-corrected chi connectivity index (χ2v) is 7.03. The van der Waals surface area contributed by atoms with E-state index in [0.29, 0.717) is 25.9 Å². The average molecular weight is 315 g/mol. The van der Waals surface area contributed by atoms with E-state index in [-0.39, 0.29) is 24.9 Å². The smallest absolute Gasteiger partial charge is 0.330 e. The summed E-state index contributed by atoms with van der Waals surface area (Å²) in [6, 6.07) is 0. The number of carboxylic acid groups (broad SMARTS) is 1. The van der Waals surface area contributed by atoms with E-state index in [1.54, 1.807) is 13.8 Å². The first-order valence-electron chi connectivity index (χ1n) is 8.05. The van der Waals surface area contributed by atoms with Gasteiger partial charge in [-0.2, -0.15) is 0 Å². The van der Waals surface area contributed by atoms with Gasteiger partial charge in [-0.15, -0.1) is 0 Å². The number of carbonyl (C=O) groups is 2. The van der Waals surface area contributed by atoms with Gasteiger partial charge in [0.2, 0.25) is 5.91 Å². The van der Waals surface area contributed by atoms with E-state index in [1.165, 1.54) is 0 Å². The monoisotopic (exact) mass is 315 g/mol. The molecule has 2 rings (SSSR count).